The van der Waals surface area contributed by atoms with E-state index in [-0.39, 0.29) is 18.2 Å². The van der Waals surface area contributed by atoms with Crippen LogP contribution in [0.5, 0.6) is 0 Å². The van der Waals surface area contributed by atoms with Crippen LogP contribution in [0.4, 0.5) is 0 Å². The zero-order chi connectivity index (χ0) is 10.1. The molecule has 0 radical (unpaired) electrons. The normalized spacial score (nSPS) is 45.6. The Balaban J connectivity index is 2.01. The minimum atomic E-state index is -0.220. The van der Waals surface area contributed by atoms with Crippen molar-refractivity contribution < 1.29 is 9.84 Å². The second-order valence-corrected chi connectivity index (χ2v) is 4.35. The van der Waals surface area contributed by atoms with Crippen LogP contribution in [0, 0.1) is 0 Å². The molecule has 0 aliphatic carbocycles. The Kier molecular flexibility index (Phi) is 3.07. The van der Waals surface area contributed by atoms with Crippen LogP contribution in [-0.4, -0.2) is 60.5 Å². The van der Waals surface area contributed by atoms with Gasteiger partial charge in [0.2, 0.25) is 0 Å². The van der Waals surface area contributed by atoms with E-state index in [0.717, 1.165) is 26.2 Å². The quantitative estimate of drug-likeness (QED) is 0.595. The van der Waals surface area contributed by atoms with Crippen LogP contribution in [0.3, 0.4) is 0 Å². The third-order valence-electron chi connectivity index (χ3n) is 3.51. The maximum atomic E-state index is 9.80. The van der Waals surface area contributed by atoms with Gasteiger partial charge in [-0.15, -0.1) is 0 Å². The van der Waals surface area contributed by atoms with Gasteiger partial charge in [0.1, 0.15) is 0 Å². The van der Waals surface area contributed by atoms with Gasteiger partial charge in [-0.2, -0.15) is 0 Å². The second kappa shape index (κ2) is 4.14. The molecule has 4 nitrogen and oxygen atoms in total. The molecule has 0 aromatic heterocycles. The monoisotopic (exact) mass is 200 g/mol. The van der Waals surface area contributed by atoms with Gasteiger partial charge in [-0.25, -0.2) is 0 Å². The van der Waals surface area contributed by atoms with Crippen LogP contribution in [0.2, 0.25) is 0 Å². The molecule has 2 aliphatic heterocycles. The molecular formula is C10H20N2O2. The zero-order valence-corrected chi connectivity index (χ0v) is 8.94. The van der Waals surface area contributed by atoms with Crippen molar-refractivity contribution in [3.8, 4) is 0 Å². The SMILES string of the molecule is CC1OCCN([C@@H]2CNC[C@H]2O)C1C. The summed E-state index contributed by atoms with van der Waals surface area (Å²) in [4.78, 5) is 2.37. The standard InChI is InChI=1S/C10H20N2O2/c1-7-8(2)14-4-3-12(7)9-5-11-6-10(9)13/h7-11,13H,3-6H2,1-2H3/t7?,8?,9-,10-/m1/s1. The van der Waals surface area contributed by atoms with Crippen molar-refractivity contribution in [3.05, 3.63) is 0 Å². The Morgan fingerprint density at radius 3 is 2.79 bits per heavy atom. The lowest BCUT2D eigenvalue weighted by Crippen LogP contribution is -2.56. The highest BCUT2D eigenvalue weighted by molar-refractivity contribution is 4.93. The third-order valence-corrected chi connectivity index (χ3v) is 3.51. The summed E-state index contributed by atoms with van der Waals surface area (Å²) in [6, 6.07) is 0.680. The van der Waals surface area contributed by atoms with E-state index >= 15 is 0 Å². The van der Waals surface area contributed by atoms with Gasteiger partial charge in [0.05, 0.1) is 18.8 Å². The van der Waals surface area contributed by atoms with E-state index in [2.05, 4.69) is 24.1 Å². The van der Waals surface area contributed by atoms with E-state index in [1.54, 1.807) is 0 Å². The van der Waals surface area contributed by atoms with Gasteiger partial charge in [-0.3, -0.25) is 4.90 Å². The maximum absolute atomic E-state index is 9.80. The van der Waals surface area contributed by atoms with Gasteiger partial charge in [0.25, 0.3) is 0 Å². The number of β-amino-alcohol motifs (C(OH)–C–C–N with tert-alkyl or cyclic N) is 1. The van der Waals surface area contributed by atoms with Crippen molar-refractivity contribution in [2.24, 2.45) is 0 Å². The van der Waals surface area contributed by atoms with E-state index in [1.165, 1.54) is 0 Å². The molecule has 2 aliphatic rings. The smallest absolute Gasteiger partial charge is 0.0831 e. The largest absolute Gasteiger partial charge is 0.390 e. The van der Waals surface area contributed by atoms with Crippen molar-refractivity contribution in [1.29, 1.82) is 0 Å². The molecule has 2 rings (SSSR count). The summed E-state index contributed by atoms with van der Waals surface area (Å²) in [6.07, 6.45) is 0.0549. The fourth-order valence-corrected chi connectivity index (χ4v) is 2.41. The number of morpholine rings is 1. The topological polar surface area (TPSA) is 44.7 Å². The summed E-state index contributed by atoms with van der Waals surface area (Å²) in [5.41, 5.74) is 0. The molecule has 0 saturated carbocycles. The summed E-state index contributed by atoms with van der Waals surface area (Å²) >= 11 is 0. The summed E-state index contributed by atoms with van der Waals surface area (Å²) in [5.74, 6) is 0. The highest BCUT2D eigenvalue weighted by Crippen LogP contribution is 2.19. The number of hydrogen-bond acceptors (Lipinski definition) is 4. The predicted molar refractivity (Wildman–Crippen MR) is 54.2 cm³/mol. The predicted octanol–water partition coefficient (Wildman–Crippen LogP) is -0.572. The first-order valence-corrected chi connectivity index (χ1v) is 5.46. The van der Waals surface area contributed by atoms with Crippen LogP contribution in [0.25, 0.3) is 0 Å². The van der Waals surface area contributed by atoms with Crippen molar-refractivity contribution >= 4 is 0 Å². The minimum Gasteiger partial charge on any atom is -0.390 e. The zero-order valence-electron chi connectivity index (χ0n) is 8.94. The first-order valence-electron chi connectivity index (χ1n) is 5.46. The molecule has 4 heteroatoms. The fourth-order valence-electron chi connectivity index (χ4n) is 2.41. The van der Waals surface area contributed by atoms with Gasteiger partial charge >= 0.3 is 0 Å². The third kappa shape index (κ3) is 1.80. The second-order valence-electron chi connectivity index (χ2n) is 4.35. The summed E-state index contributed by atoms with van der Waals surface area (Å²) < 4.78 is 5.57. The Morgan fingerprint density at radius 2 is 2.14 bits per heavy atom. The number of nitrogens with zero attached hydrogens (tertiary/aromatic N) is 1. The minimum absolute atomic E-state index is 0.220. The molecule has 0 amide bonds. The number of nitrogens with one attached hydrogen (secondary N) is 1. The summed E-state index contributed by atoms with van der Waals surface area (Å²) in [5, 5.41) is 13.0. The number of ether oxygens (including phenoxy) is 1. The van der Waals surface area contributed by atoms with Crippen molar-refractivity contribution in [1.82, 2.24) is 10.2 Å². The van der Waals surface area contributed by atoms with Crippen LogP contribution in [0.1, 0.15) is 13.8 Å². The first kappa shape index (κ1) is 10.4. The van der Waals surface area contributed by atoms with Crippen LogP contribution >= 0.6 is 0 Å². The molecular weight excluding hydrogens is 180 g/mol. The fraction of sp³-hybridized carbons (Fsp3) is 1.00. The van der Waals surface area contributed by atoms with E-state index in [9.17, 15) is 5.11 Å². The molecule has 0 spiro atoms. The van der Waals surface area contributed by atoms with E-state index in [4.69, 9.17) is 4.74 Å². The van der Waals surface area contributed by atoms with Gasteiger partial charge in [0, 0.05) is 31.7 Å². The average molecular weight is 200 g/mol. The Labute approximate surface area is 85.2 Å². The van der Waals surface area contributed by atoms with Crippen LogP contribution < -0.4 is 5.32 Å². The van der Waals surface area contributed by atoms with Gasteiger partial charge in [-0.05, 0) is 13.8 Å². The number of aliphatic hydroxyl groups is 1. The highest BCUT2D eigenvalue weighted by Gasteiger charge is 2.36. The first-order chi connectivity index (χ1) is 6.70. The molecule has 2 saturated heterocycles. The van der Waals surface area contributed by atoms with Crippen molar-refractivity contribution in [3.63, 3.8) is 0 Å². The van der Waals surface area contributed by atoms with E-state index in [0.29, 0.717) is 6.04 Å². The molecule has 2 N–H and O–H groups in total. The Morgan fingerprint density at radius 1 is 1.36 bits per heavy atom. The van der Waals surface area contributed by atoms with Crippen molar-refractivity contribution in [2.45, 2.75) is 38.1 Å². The Bertz CT molecular complexity index is 201. The molecule has 4 atom stereocenters. The molecule has 2 heterocycles. The van der Waals surface area contributed by atoms with E-state index < -0.39 is 0 Å². The molecule has 2 unspecified atom stereocenters. The highest BCUT2D eigenvalue weighted by atomic mass is 16.5. The molecule has 2 fully saturated rings. The summed E-state index contributed by atoms with van der Waals surface area (Å²) in [7, 11) is 0. The lowest BCUT2D eigenvalue weighted by molar-refractivity contribution is -0.0826. The maximum Gasteiger partial charge on any atom is 0.0831 e. The van der Waals surface area contributed by atoms with E-state index in [1.807, 2.05) is 0 Å². The number of aliphatic hydroxyl groups excluding tert-OH is 1. The van der Waals surface area contributed by atoms with Gasteiger partial charge in [0.15, 0.2) is 0 Å². The number of hydrogen-bond donors (Lipinski definition) is 2. The van der Waals surface area contributed by atoms with Crippen LogP contribution in [-0.2, 0) is 4.74 Å². The molecule has 82 valence electrons. The number of rotatable bonds is 1. The van der Waals surface area contributed by atoms with Gasteiger partial charge < -0.3 is 15.2 Å². The molecule has 14 heavy (non-hydrogen) atoms. The molecule has 0 bridgehead atoms. The Hall–Kier alpha value is -0.160. The lowest BCUT2D eigenvalue weighted by atomic mass is 10.1. The average Bonchev–Trinajstić information content (AvgIpc) is 2.57. The lowest BCUT2D eigenvalue weighted by Gasteiger charge is -2.42. The molecule has 0 aromatic rings. The van der Waals surface area contributed by atoms with Crippen LogP contribution in [0.15, 0.2) is 0 Å². The van der Waals surface area contributed by atoms with Gasteiger partial charge in [-0.1, -0.05) is 0 Å². The molecule has 0 aromatic carbocycles. The van der Waals surface area contributed by atoms with Crippen molar-refractivity contribution in [2.75, 3.05) is 26.2 Å². The summed E-state index contributed by atoms with van der Waals surface area (Å²) in [6.45, 7) is 7.63.